The lowest BCUT2D eigenvalue weighted by Gasteiger charge is -2.19. The van der Waals surface area contributed by atoms with Crippen LogP contribution in [0.5, 0.6) is 11.5 Å². The van der Waals surface area contributed by atoms with E-state index < -0.39 is 0 Å². The maximum atomic E-state index is 12.6. The Kier molecular flexibility index (Phi) is 4.37. The van der Waals surface area contributed by atoms with E-state index in [-0.39, 0.29) is 17.4 Å². The number of hydrazine groups is 1. The van der Waals surface area contributed by atoms with Gasteiger partial charge in [0.05, 0.1) is 10.9 Å². The molecule has 0 fully saturated rings. The van der Waals surface area contributed by atoms with E-state index in [9.17, 15) is 9.59 Å². The third-order valence-corrected chi connectivity index (χ3v) is 4.27. The van der Waals surface area contributed by atoms with Crippen molar-refractivity contribution in [1.29, 1.82) is 0 Å². The second-order valence-electron chi connectivity index (χ2n) is 5.94. The van der Waals surface area contributed by atoms with E-state index in [0.717, 1.165) is 0 Å². The fraction of sp³-hybridized carbons (Fsp3) is 0.211. The van der Waals surface area contributed by atoms with Gasteiger partial charge in [0, 0.05) is 12.1 Å². The van der Waals surface area contributed by atoms with Gasteiger partial charge >= 0.3 is 0 Å². The highest BCUT2D eigenvalue weighted by atomic mass is 16.6. The summed E-state index contributed by atoms with van der Waals surface area (Å²) in [5.41, 5.74) is 6.13. The lowest BCUT2D eigenvalue weighted by atomic mass is 10.2. The van der Waals surface area contributed by atoms with Crippen LogP contribution in [-0.2, 0) is 6.54 Å². The van der Waals surface area contributed by atoms with Crippen LogP contribution in [0.2, 0.25) is 0 Å². The maximum Gasteiger partial charge on any atom is 0.269 e. The molecule has 8 nitrogen and oxygen atoms in total. The third kappa shape index (κ3) is 3.17. The van der Waals surface area contributed by atoms with E-state index >= 15 is 0 Å². The first kappa shape index (κ1) is 16.9. The molecule has 0 spiro atoms. The van der Waals surface area contributed by atoms with Crippen LogP contribution in [0.15, 0.2) is 47.3 Å². The summed E-state index contributed by atoms with van der Waals surface area (Å²) < 4.78 is 12.4. The van der Waals surface area contributed by atoms with Crippen molar-refractivity contribution in [2.75, 3.05) is 18.6 Å². The molecule has 8 heteroatoms. The number of rotatable bonds is 4. The summed E-state index contributed by atoms with van der Waals surface area (Å²) in [5, 5.41) is 0.531. The van der Waals surface area contributed by atoms with Gasteiger partial charge in [0.2, 0.25) is 5.95 Å². The lowest BCUT2D eigenvalue weighted by molar-refractivity contribution is 0.0961. The highest BCUT2D eigenvalue weighted by molar-refractivity contribution is 5.95. The fourth-order valence-corrected chi connectivity index (χ4v) is 2.93. The maximum absolute atomic E-state index is 12.6. The van der Waals surface area contributed by atoms with E-state index in [0.29, 0.717) is 47.7 Å². The molecule has 0 saturated heterocycles. The van der Waals surface area contributed by atoms with Crippen LogP contribution in [-0.4, -0.2) is 28.7 Å². The molecule has 0 radical (unpaired) electrons. The Morgan fingerprint density at radius 2 is 1.93 bits per heavy atom. The summed E-state index contributed by atoms with van der Waals surface area (Å²) in [6.07, 6.45) is 0. The number of carbonyl (C=O) groups excluding carboxylic acids is 1. The standard InChI is InChI=1S/C19H18N4O4/c1-2-23-18(25)13-5-3-4-6-14(13)20-19(23)22-21-17(24)12-7-8-15-16(11-12)27-10-9-26-15/h3-8,11H,2,9-10H2,1H3,(H,20,22)(H,21,24). The molecule has 2 aromatic carbocycles. The van der Waals surface area contributed by atoms with Gasteiger partial charge in [-0.3, -0.25) is 25.0 Å². The van der Waals surface area contributed by atoms with Gasteiger partial charge < -0.3 is 9.47 Å². The van der Waals surface area contributed by atoms with Crippen molar-refractivity contribution < 1.29 is 14.3 Å². The lowest BCUT2D eigenvalue weighted by Crippen LogP contribution is -2.34. The van der Waals surface area contributed by atoms with E-state index in [4.69, 9.17) is 9.47 Å². The van der Waals surface area contributed by atoms with Gasteiger partial charge in [-0.05, 0) is 37.3 Å². The number of nitrogens with zero attached hydrogens (tertiary/aromatic N) is 2. The molecule has 0 saturated carbocycles. The zero-order chi connectivity index (χ0) is 18.8. The van der Waals surface area contributed by atoms with Crippen molar-refractivity contribution in [3.63, 3.8) is 0 Å². The number of ether oxygens (including phenoxy) is 2. The van der Waals surface area contributed by atoms with Crippen LogP contribution < -0.4 is 25.9 Å². The van der Waals surface area contributed by atoms with Crippen molar-refractivity contribution in [2.45, 2.75) is 13.5 Å². The average Bonchev–Trinajstić information content (AvgIpc) is 2.71. The van der Waals surface area contributed by atoms with Crippen LogP contribution in [0.3, 0.4) is 0 Å². The zero-order valence-electron chi connectivity index (χ0n) is 14.7. The Hall–Kier alpha value is -3.55. The number of para-hydroxylation sites is 1. The number of amides is 1. The average molecular weight is 366 g/mol. The van der Waals surface area contributed by atoms with E-state index in [2.05, 4.69) is 15.8 Å². The molecular formula is C19H18N4O4. The monoisotopic (exact) mass is 366 g/mol. The molecule has 27 heavy (non-hydrogen) atoms. The van der Waals surface area contributed by atoms with Gasteiger partial charge in [-0.15, -0.1) is 0 Å². The molecule has 4 rings (SSSR count). The molecule has 0 atom stereocenters. The van der Waals surface area contributed by atoms with E-state index in [1.807, 2.05) is 13.0 Å². The molecule has 0 bridgehead atoms. The van der Waals surface area contributed by atoms with Gasteiger partial charge in [-0.25, -0.2) is 4.98 Å². The Bertz CT molecular complexity index is 1080. The summed E-state index contributed by atoms with van der Waals surface area (Å²) in [4.78, 5) is 29.5. The van der Waals surface area contributed by atoms with Crippen LogP contribution in [0.25, 0.3) is 10.9 Å². The summed E-state index contributed by atoms with van der Waals surface area (Å²) in [5.74, 6) is 1.04. The first-order chi connectivity index (χ1) is 13.2. The van der Waals surface area contributed by atoms with Gasteiger partial charge in [-0.1, -0.05) is 12.1 Å². The Balaban J connectivity index is 1.58. The minimum Gasteiger partial charge on any atom is -0.486 e. The molecule has 0 aliphatic carbocycles. The summed E-state index contributed by atoms with van der Waals surface area (Å²) >= 11 is 0. The number of anilines is 1. The second-order valence-corrected chi connectivity index (χ2v) is 5.94. The minimum absolute atomic E-state index is 0.167. The molecule has 1 amide bonds. The Morgan fingerprint density at radius 1 is 1.15 bits per heavy atom. The van der Waals surface area contributed by atoms with Crippen molar-refractivity contribution in [2.24, 2.45) is 0 Å². The number of hydrogen-bond donors (Lipinski definition) is 2. The number of benzene rings is 2. The second kappa shape index (κ2) is 6.99. The van der Waals surface area contributed by atoms with Crippen molar-refractivity contribution in [3.05, 3.63) is 58.4 Å². The zero-order valence-corrected chi connectivity index (χ0v) is 14.7. The number of nitrogens with one attached hydrogen (secondary N) is 2. The molecule has 3 aromatic rings. The normalized spacial score (nSPS) is 12.6. The summed E-state index contributed by atoms with van der Waals surface area (Å²) in [7, 11) is 0. The Morgan fingerprint density at radius 3 is 2.74 bits per heavy atom. The van der Waals surface area contributed by atoms with Gasteiger partial charge in [-0.2, -0.15) is 0 Å². The molecule has 1 aliphatic heterocycles. The Labute approximate surface area is 154 Å². The topological polar surface area (TPSA) is 94.5 Å². The SMILES string of the molecule is CCn1c(NNC(=O)c2ccc3c(c2)OCCO3)nc2ccccc2c1=O. The summed E-state index contributed by atoms with van der Waals surface area (Å²) in [6.45, 7) is 3.19. The molecule has 2 heterocycles. The van der Waals surface area contributed by atoms with Gasteiger partial charge in [0.1, 0.15) is 13.2 Å². The van der Waals surface area contributed by atoms with Crippen LogP contribution in [0.4, 0.5) is 5.95 Å². The predicted octanol–water partition coefficient (Wildman–Crippen LogP) is 1.94. The van der Waals surface area contributed by atoms with Crippen molar-refractivity contribution >= 4 is 22.8 Å². The number of fused-ring (bicyclic) bond motifs is 2. The third-order valence-electron chi connectivity index (χ3n) is 4.27. The largest absolute Gasteiger partial charge is 0.486 e. The summed E-state index contributed by atoms with van der Waals surface area (Å²) in [6, 6.07) is 12.0. The van der Waals surface area contributed by atoms with Crippen LogP contribution in [0.1, 0.15) is 17.3 Å². The van der Waals surface area contributed by atoms with E-state index in [1.165, 1.54) is 4.57 Å². The van der Waals surface area contributed by atoms with E-state index in [1.54, 1.807) is 36.4 Å². The minimum atomic E-state index is -0.378. The number of carbonyl (C=O) groups is 1. The van der Waals surface area contributed by atoms with Crippen LogP contribution >= 0.6 is 0 Å². The fourth-order valence-electron chi connectivity index (χ4n) is 2.93. The van der Waals surface area contributed by atoms with Gasteiger partial charge in [0.15, 0.2) is 11.5 Å². The van der Waals surface area contributed by atoms with Crippen LogP contribution in [0, 0.1) is 0 Å². The smallest absolute Gasteiger partial charge is 0.269 e. The molecule has 2 N–H and O–H groups in total. The first-order valence-corrected chi connectivity index (χ1v) is 8.63. The predicted molar refractivity (Wildman–Crippen MR) is 100 cm³/mol. The van der Waals surface area contributed by atoms with Crippen molar-refractivity contribution in [3.8, 4) is 11.5 Å². The molecule has 0 unspecified atom stereocenters. The molecule has 1 aliphatic rings. The highest BCUT2D eigenvalue weighted by Gasteiger charge is 2.16. The molecule has 1 aromatic heterocycles. The highest BCUT2D eigenvalue weighted by Crippen LogP contribution is 2.30. The first-order valence-electron chi connectivity index (χ1n) is 8.63. The van der Waals surface area contributed by atoms with Gasteiger partial charge in [0.25, 0.3) is 11.5 Å². The quantitative estimate of drug-likeness (QED) is 0.686. The molecular weight excluding hydrogens is 348 g/mol. The number of hydrogen-bond acceptors (Lipinski definition) is 6. The van der Waals surface area contributed by atoms with Crippen molar-refractivity contribution in [1.82, 2.24) is 15.0 Å². The molecule has 138 valence electrons. The number of aromatic nitrogens is 2.